The lowest BCUT2D eigenvalue weighted by Gasteiger charge is -2.50. The van der Waals surface area contributed by atoms with Crippen LogP contribution in [0.25, 0.3) is 0 Å². The van der Waals surface area contributed by atoms with Crippen LogP contribution in [0.4, 0.5) is 5.69 Å². The second-order valence-electron chi connectivity index (χ2n) is 12.2. The molecule has 1 aliphatic heterocycles. The van der Waals surface area contributed by atoms with E-state index < -0.39 is 9.84 Å². The molecule has 1 saturated carbocycles. The predicted octanol–water partition coefficient (Wildman–Crippen LogP) is 6.39. The van der Waals surface area contributed by atoms with E-state index in [0.717, 1.165) is 38.0 Å². The van der Waals surface area contributed by atoms with Crippen LogP contribution >= 0.6 is 0 Å². The molecule has 230 valence electrons. The second-order valence-corrected chi connectivity index (χ2v) is 14.4. The Morgan fingerprint density at radius 2 is 1.50 bits per heavy atom. The maximum atomic E-state index is 14.0. The van der Waals surface area contributed by atoms with E-state index in [9.17, 15) is 18.0 Å². The van der Waals surface area contributed by atoms with Gasteiger partial charge in [0.05, 0.1) is 23.1 Å². The first kappa shape index (κ1) is 32.2. The molecule has 1 saturated heterocycles. The summed E-state index contributed by atoms with van der Waals surface area (Å²) in [6.07, 6.45) is 13.7. The van der Waals surface area contributed by atoms with Crippen molar-refractivity contribution in [3.05, 3.63) is 59.7 Å². The Balaban J connectivity index is 1.43. The van der Waals surface area contributed by atoms with Gasteiger partial charge in [-0.05, 0) is 79.6 Å². The fraction of sp³-hybridized carbons (Fsp3) is 0.588. The molecular formula is C34H49N3O4S. The normalized spacial score (nSPS) is 19.6. The van der Waals surface area contributed by atoms with Crippen molar-refractivity contribution in [3.63, 3.8) is 0 Å². The highest BCUT2D eigenvalue weighted by molar-refractivity contribution is 7.91. The summed E-state index contributed by atoms with van der Waals surface area (Å²) in [5.41, 5.74) is 2.20. The van der Waals surface area contributed by atoms with Gasteiger partial charge in [-0.3, -0.25) is 9.59 Å². The molecular weight excluding hydrogens is 546 g/mol. The molecule has 1 heterocycles. The summed E-state index contributed by atoms with van der Waals surface area (Å²) in [6.45, 7) is 6.38. The molecule has 1 spiro atoms. The highest BCUT2D eigenvalue weighted by atomic mass is 32.2. The van der Waals surface area contributed by atoms with Gasteiger partial charge < -0.3 is 15.5 Å². The summed E-state index contributed by atoms with van der Waals surface area (Å²) >= 11 is 0. The molecule has 2 fully saturated rings. The lowest BCUT2D eigenvalue weighted by molar-refractivity contribution is -0.115. The van der Waals surface area contributed by atoms with Crippen LogP contribution in [0, 0.1) is 5.41 Å². The van der Waals surface area contributed by atoms with Crippen LogP contribution in [0.3, 0.4) is 0 Å². The Bertz CT molecular complexity index is 1260. The summed E-state index contributed by atoms with van der Waals surface area (Å²) in [5, 5.41) is 6.52. The number of piperidine rings is 1. The van der Waals surface area contributed by atoms with Crippen molar-refractivity contribution in [1.29, 1.82) is 0 Å². The molecule has 7 nitrogen and oxygen atoms in total. The minimum absolute atomic E-state index is 0.0416. The monoisotopic (exact) mass is 595 g/mol. The molecule has 4 rings (SSSR count). The molecule has 2 aromatic rings. The van der Waals surface area contributed by atoms with Crippen molar-refractivity contribution < 1.29 is 18.0 Å². The number of carbonyl (C=O) groups is 2. The zero-order chi connectivity index (χ0) is 30.0. The van der Waals surface area contributed by atoms with Gasteiger partial charge in [-0.25, -0.2) is 8.42 Å². The molecule has 1 unspecified atom stereocenters. The topological polar surface area (TPSA) is 95.6 Å². The molecule has 0 aromatic heterocycles. The minimum atomic E-state index is -3.27. The van der Waals surface area contributed by atoms with Gasteiger partial charge in [-0.1, -0.05) is 70.9 Å². The number of hydrogen-bond acceptors (Lipinski definition) is 5. The van der Waals surface area contributed by atoms with Crippen molar-refractivity contribution in [2.24, 2.45) is 5.41 Å². The maximum absolute atomic E-state index is 14.0. The zero-order valence-corrected chi connectivity index (χ0v) is 26.3. The van der Waals surface area contributed by atoms with E-state index in [1.807, 2.05) is 12.1 Å². The number of carbonyl (C=O) groups excluding carboxylic acids is 2. The van der Waals surface area contributed by atoms with Crippen LogP contribution in [0.2, 0.25) is 0 Å². The molecule has 2 aromatic carbocycles. The van der Waals surface area contributed by atoms with Crippen LogP contribution in [0.5, 0.6) is 0 Å². The summed E-state index contributed by atoms with van der Waals surface area (Å²) < 4.78 is 24.1. The largest absolute Gasteiger partial charge is 0.334 e. The molecule has 1 atom stereocenters. The molecule has 0 bridgehead atoms. The van der Waals surface area contributed by atoms with E-state index >= 15 is 0 Å². The number of hydrogen-bond donors (Lipinski definition) is 2. The fourth-order valence-electron chi connectivity index (χ4n) is 6.82. The van der Waals surface area contributed by atoms with Crippen LogP contribution in [-0.4, -0.2) is 56.6 Å². The van der Waals surface area contributed by atoms with Gasteiger partial charge in [0.15, 0.2) is 9.84 Å². The van der Waals surface area contributed by atoms with Crippen molar-refractivity contribution in [2.45, 2.75) is 102 Å². The van der Waals surface area contributed by atoms with E-state index in [1.165, 1.54) is 57.8 Å². The smallest absolute Gasteiger partial charge is 0.254 e. The number of benzene rings is 2. The number of nitrogens with zero attached hydrogens (tertiary/aromatic N) is 1. The van der Waals surface area contributed by atoms with Crippen LogP contribution in [0.15, 0.2) is 53.4 Å². The lowest BCUT2D eigenvalue weighted by atomic mass is 9.67. The molecule has 2 N–H and O–H groups in total. The second kappa shape index (κ2) is 15.1. The van der Waals surface area contributed by atoms with Crippen molar-refractivity contribution in [2.75, 3.05) is 30.7 Å². The summed E-state index contributed by atoms with van der Waals surface area (Å²) in [6, 6.07) is 13.9. The first-order chi connectivity index (χ1) is 20.3. The van der Waals surface area contributed by atoms with E-state index in [4.69, 9.17) is 0 Å². The van der Waals surface area contributed by atoms with E-state index in [1.54, 1.807) is 43.3 Å². The third kappa shape index (κ3) is 8.22. The minimum Gasteiger partial charge on any atom is -0.334 e. The summed E-state index contributed by atoms with van der Waals surface area (Å²) in [5.74, 6) is -0.0824. The number of anilines is 1. The van der Waals surface area contributed by atoms with Crippen molar-refractivity contribution in [3.8, 4) is 0 Å². The highest BCUT2D eigenvalue weighted by Gasteiger charge is 2.44. The highest BCUT2D eigenvalue weighted by Crippen LogP contribution is 2.43. The number of rotatable bonds is 9. The van der Waals surface area contributed by atoms with Gasteiger partial charge in [0.2, 0.25) is 5.91 Å². The average Bonchev–Trinajstić information content (AvgIpc) is 3.00. The Morgan fingerprint density at radius 1 is 0.881 bits per heavy atom. The number of nitrogens with one attached hydrogen (secondary N) is 2. The Labute approximate surface area is 252 Å². The molecule has 2 aliphatic rings. The Hall–Kier alpha value is -2.71. The predicted molar refractivity (Wildman–Crippen MR) is 170 cm³/mol. The van der Waals surface area contributed by atoms with Gasteiger partial charge in [-0.15, -0.1) is 0 Å². The van der Waals surface area contributed by atoms with Crippen LogP contribution in [-0.2, 0) is 21.1 Å². The van der Waals surface area contributed by atoms with Gasteiger partial charge in [0.25, 0.3) is 5.91 Å². The summed E-state index contributed by atoms with van der Waals surface area (Å²) in [4.78, 5) is 29.1. The molecule has 42 heavy (non-hydrogen) atoms. The number of amides is 2. The first-order valence-electron chi connectivity index (χ1n) is 16.0. The molecule has 8 heteroatoms. The fourth-order valence-corrected chi connectivity index (χ4v) is 7.70. The van der Waals surface area contributed by atoms with Crippen LogP contribution < -0.4 is 10.6 Å². The average molecular weight is 596 g/mol. The number of sulfone groups is 1. The van der Waals surface area contributed by atoms with Gasteiger partial charge in [-0.2, -0.15) is 0 Å². The van der Waals surface area contributed by atoms with Gasteiger partial charge in [0, 0.05) is 24.3 Å². The standard InChI is InChI=1S/C34H49N3O4S/c1-3-24-37(31-26-35-23-22-34(31)20-10-8-6-5-7-9-11-21-34)33(39)28-14-16-29(17-15-28)36-32(38)25-27-12-18-30(19-13-27)42(40,41)4-2/h12-19,31,35H,3-11,20-26H2,1-2H3,(H,36,38). The van der Waals surface area contributed by atoms with Gasteiger partial charge >= 0.3 is 0 Å². The zero-order valence-electron chi connectivity index (χ0n) is 25.5. The van der Waals surface area contributed by atoms with Gasteiger partial charge in [0.1, 0.15) is 0 Å². The SMILES string of the molecule is CCCN(C(=O)c1ccc(NC(=O)Cc2ccc(S(=O)(=O)CC)cc2)cc1)C1CNCCC12CCCCCCCCC2. The van der Waals surface area contributed by atoms with E-state index in [-0.39, 0.29) is 40.3 Å². The molecule has 1 aliphatic carbocycles. The Kier molecular flexibility index (Phi) is 11.6. The third-order valence-corrected chi connectivity index (χ3v) is 11.0. The lowest BCUT2D eigenvalue weighted by Crippen LogP contribution is -2.59. The van der Waals surface area contributed by atoms with E-state index in [2.05, 4.69) is 22.5 Å². The molecule has 2 amide bonds. The van der Waals surface area contributed by atoms with Crippen LogP contribution in [0.1, 0.15) is 100 Å². The maximum Gasteiger partial charge on any atom is 0.254 e. The third-order valence-electron chi connectivity index (χ3n) is 9.24. The molecule has 0 radical (unpaired) electrons. The van der Waals surface area contributed by atoms with Crippen molar-refractivity contribution in [1.82, 2.24) is 10.2 Å². The quantitative estimate of drug-likeness (QED) is 0.351. The first-order valence-corrected chi connectivity index (χ1v) is 17.7. The summed E-state index contributed by atoms with van der Waals surface area (Å²) in [7, 11) is -3.27. The van der Waals surface area contributed by atoms with Crippen molar-refractivity contribution >= 4 is 27.3 Å². The van der Waals surface area contributed by atoms with E-state index in [0.29, 0.717) is 11.3 Å². The Morgan fingerprint density at radius 3 is 2.10 bits per heavy atom.